The van der Waals surface area contributed by atoms with Gasteiger partial charge in [-0.25, -0.2) is 0 Å². The zero-order valence-corrected chi connectivity index (χ0v) is 13.5. The number of benzene rings is 1. The zero-order chi connectivity index (χ0) is 13.8. The Morgan fingerprint density at radius 3 is 2.74 bits per heavy atom. The van der Waals surface area contributed by atoms with Crippen molar-refractivity contribution < 1.29 is 5.11 Å². The summed E-state index contributed by atoms with van der Waals surface area (Å²) in [4.78, 5) is 2.43. The van der Waals surface area contributed by atoms with E-state index in [-0.39, 0.29) is 11.8 Å². The Hall–Kier alpha value is -0.290. The number of phenols is 1. The van der Waals surface area contributed by atoms with E-state index < -0.39 is 0 Å². The van der Waals surface area contributed by atoms with Crippen LogP contribution in [0.4, 0.5) is 0 Å². The number of piperazine rings is 1. The summed E-state index contributed by atoms with van der Waals surface area (Å²) in [6, 6.07) is 3.96. The number of phenolic OH excluding ortho intramolecular Hbond substituents is 1. The molecule has 0 bridgehead atoms. The summed E-state index contributed by atoms with van der Waals surface area (Å²) in [7, 11) is 0. The van der Waals surface area contributed by atoms with Gasteiger partial charge in [0.05, 0.1) is 5.02 Å². The smallest absolute Gasteiger partial charge is 0.139 e. The van der Waals surface area contributed by atoms with Gasteiger partial charge in [0.2, 0.25) is 0 Å². The second kappa shape index (κ2) is 6.93. The zero-order valence-electron chi connectivity index (χ0n) is 11.1. The molecular formula is C14H20BrClN2O. The van der Waals surface area contributed by atoms with Crippen molar-refractivity contribution in [1.29, 1.82) is 0 Å². The van der Waals surface area contributed by atoms with Crippen molar-refractivity contribution in [3.63, 3.8) is 0 Å². The summed E-state index contributed by atoms with van der Waals surface area (Å²) in [5.41, 5.74) is 0.933. The maximum Gasteiger partial charge on any atom is 0.139 e. The van der Waals surface area contributed by atoms with Crippen molar-refractivity contribution in [3.8, 4) is 5.75 Å². The highest BCUT2D eigenvalue weighted by Gasteiger charge is 2.25. The van der Waals surface area contributed by atoms with Crippen LogP contribution < -0.4 is 5.32 Å². The summed E-state index contributed by atoms with van der Waals surface area (Å²) in [5.74, 6) is 0.224. The molecule has 1 saturated heterocycles. The van der Waals surface area contributed by atoms with Gasteiger partial charge >= 0.3 is 0 Å². The van der Waals surface area contributed by atoms with E-state index in [1.165, 1.54) is 0 Å². The maximum absolute atomic E-state index is 10.3. The third-order valence-electron chi connectivity index (χ3n) is 3.57. The molecule has 5 heteroatoms. The first-order valence-electron chi connectivity index (χ1n) is 6.76. The summed E-state index contributed by atoms with van der Waals surface area (Å²) in [6.45, 7) is 6.19. The standard InChI is InChI=1S/C14H20BrClN2O/c1-2-3-13(18-6-4-17-5-7-18)11-8-10(15)9-12(16)14(11)19/h8-9,13,17,19H,2-7H2,1H3/t13-/m0/s1. The lowest BCUT2D eigenvalue weighted by Crippen LogP contribution is -2.45. The third kappa shape index (κ3) is 3.63. The summed E-state index contributed by atoms with van der Waals surface area (Å²) >= 11 is 9.56. The number of nitrogens with one attached hydrogen (secondary N) is 1. The molecule has 0 amide bonds. The lowest BCUT2D eigenvalue weighted by atomic mass is 9.99. The van der Waals surface area contributed by atoms with Gasteiger partial charge in [0.25, 0.3) is 0 Å². The molecule has 2 N–H and O–H groups in total. The quantitative estimate of drug-likeness (QED) is 0.874. The number of hydrogen-bond donors (Lipinski definition) is 2. The fourth-order valence-corrected chi connectivity index (χ4v) is 3.48. The molecule has 0 aliphatic carbocycles. The third-order valence-corrected chi connectivity index (χ3v) is 4.32. The second-order valence-corrected chi connectivity index (χ2v) is 6.24. The average Bonchev–Trinajstić information content (AvgIpc) is 2.41. The van der Waals surface area contributed by atoms with E-state index in [0.717, 1.165) is 49.1 Å². The first-order valence-corrected chi connectivity index (χ1v) is 7.93. The Balaban J connectivity index is 2.32. The molecule has 0 aromatic heterocycles. The minimum Gasteiger partial charge on any atom is -0.506 e. The molecule has 19 heavy (non-hydrogen) atoms. The summed E-state index contributed by atoms with van der Waals surface area (Å²) in [6.07, 6.45) is 2.11. The highest BCUT2D eigenvalue weighted by atomic mass is 79.9. The molecule has 1 aliphatic heterocycles. The van der Waals surface area contributed by atoms with Gasteiger partial charge in [-0.05, 0) is 18.6 Å². The van der Waals surface area contributed by atoms with Crippen molar-refractivity contribution in [2.24, 2.45) is 0 Å². The van der Waals surface area contributed by atoms with Crippen LogP contribution in [0.2, 0.25) is 5.02 Å². The van der Waals surface area contributed by atoms with Crippen LogP contribution in [0, 0.1) is 0 Å². The second-order valence-electron chi connectivity index (χ2n) is 4.92. The predicted octanol–water partition coefficient (Wildman–Crippen LogP) is 3.55. The Labute approximate surface area is 128 Å². The molecule has 1 atom stereocenters. The van der Waals surface area contributed by atoms with Gasteiger partial charge in [-0.1, -0.05) is 40.9 Å². The number of nitrogens with zero attached hydrogens (tertiary/aromatic N) is 1. The van der Waals surface area contributed by atoms with Crippen LogP contribution in [0.25, 0.3) is 0 Å². The van der Waals surface area contributed by atoms with Crippen LogP contribution in [-0.4, -0.2) is 36.2 Å². The largest absolute Gasteiger partial charge is 0.506 e. The number of hydrogen-bond acceptors (Lipinski definition) is 3. The summed E-state index contributed by atoms with van der Waals surface area (Å²) < 4.78 is 0.918. The topological polar surface area (TPSA) is 35.5 Å². The molecule has 0 radical (unpaired) electrons. The molecule has 1 aromatic carbocycles. The predicted molar refractivity (Wildman–Crippen MR) is 82.9 cm³/mol. The minimum absolute atomic E-state index is 0.224. The Bertz CT molecular complexity index is 436. The van der Waals surface area contributed by atoms with E-state index in [4.69, 9.17) is 11.6 Å². The lowest BCUT2D eigenvalue weighted by Gasteiger charge is -2.35. The first-order chi connectivity index (χ1) is 9.13. The number of halogens is 2. The van der Waals surface area contributed by atoms with Crippen LogP contribution in [0.15, 0.2) is 16.6 Å². The van der Waals surface area contributed by atoms with Gasteiger partial charge in [-0.2, -0.15) is 0 Å². The fraction of sp³-hybridized carbons (Fsp3) is 0.571. The van der Waals surface area contributed by atoms with Crippen LogP contribution in [0.3, 0.4) is 0 Å². The molecule has 1 fully saturated rings. The van der Waals surface area contributed by atoms with E-state index in [0.29, 0.717) is 5.02 Å². The number of aromatic hydroxyl groups is 1. The fourth-order valence-electron chi connectivity index (χ4n) is 2.64. The van der Waals surface area contributed by atoms with Gasteiger partial charge in [-0.15, -0.1) is 0 Å². The van der Waals surface area contributed by atoms with Crippen molar-refractivity contribution in [2.45, 2.75) is 25.8 Å². The first kappa shape index (κ1) is 15.1. The SMILES string of the molecule is CCC[C@@H](c1cc(Br)cc(Cl)c1O)N1CCNCC1. The van der Waals surface area contributed by atoms with Crippen molar-refractivity contribution in [2.75, 3.05) is 26.2 Å². The molecule has 1 aliphatic rings. The van der Waals surface area contributed by atoms with Crippen LogP contribution in [0.5, 0.6) is 5.75 Å². The molecule has 106 valence electrons. The molecule has 0 saturated carbocycles. The lowest BCUT2D eigenvalue weighted by molar-refractivity contribution is 0.162. The Morgan fingerprint density at radius 2 is 2.11 bits per heavy atom. The van der Waals surface area contributed by atoms with Gasteiger partial charge < -0.3 is 10.4 Å². The monoisotopic (exact) mass is 346 g/mol. The minimum atomic E-state index is 0.224. The van der Waals surface area contributed by atoms with E-state index in [2.05, 4.69) is 33.1 Å². The van der Waals surface area contributed by atoms with Crippen LogP contribution in [0.1, 0.15) is 31.4 Å². The highest BCUT2D eigenvalue weighted by Crippen LogP contribution is 2.39. The normalized spacial score (nSPS) is 18.5. The Kier molecular flexibility index (Phi) is 5.51. The van der Waals surface area contributed by atoms with Gasteiger partial charge in [-0.3, -0.25) is 4.90 Å². The highest BCUT2D eigenvalue weighted by molar-refractivity contribution is 9.10. The van der Waals surface area contributed by atoms with Crippen molar-refractivity contribution in [1.82, 2.24) is 10.2 Å². The summed E-state index contributed by atoms with van der Waals surface area (Å²) in [5, 5.41) is 14.0. The molecular weight excluding hydrogens is 328 g/mol. The van der Waals surface area contributed by atoms with E-state index >= 15 is 0 Å². The molecule has 1 heterocycles. The van der Waals surface area contributed by atoms with Gasteiger partial charge in [0, 0.05) is 42.3 Å². The van der Waals surface area contributed by atoms with E-state index in [1.54, 1.807) is 6.07 Å². The van der Waals surface area contributed by atoms with Gasteiger partial charge in [0.15, 0.2) is 0 Å². The number of rotatable bonds is 4. The van der Waals surface area contributed by atoms with E-state index in [1.807, 2.05) is 6.07 Å². The average molecular weight is 348 g/mol. The van der Waals surface area contributed by atoms with Crippen LogP contribution >= 0.6 is 27.5 Å². The van der Waals surface area contributed by atoms with Gasteiger partial charge in [0.1, 0.15) is 5.75 Å². The van der Waals surface area contributed by atoms with E-state index in [9.17, 15) is 5.11 Å². The van der Waals surface area contributed by atoms with Crippen molar-refractivity contribution in [3.05, 3.63) is 27.2 Å². The molecule has 0 unspecified atom stereocenters. The molecule has 1 aromatic rings. The Morgan fingerprint density at radius 1 is 1.42 bits per heavy atom. The van der Waals surface area contributed by atoms with Crippen molar-refractivity contribution >= 4 is 27.5 Å². The molecule has 3 nitrogen and oxygen atoms in total. The maximum atomic E-state index is 10.3. The molecule has 2 rings (SSSR count). The molecule has 0 spiro atoms. The van der Waals surface area contributed by atoms with Crippen LogP contribution in [-0.2, 0) is 0 Å².